The van der Waals surface area contributed by atoms with Crippen molar-refractivity contribution in [1.29, 1.82) is 0 Å². The molecule has 0 amide bonds. The van der Waals surface area contributed by atoms with Gasteiger partial charge in [0.15, 0.2) is 0 Å². The van der Waals surface area contributed by atoms with E-state index in [2.05, 4.69) is 13.8 Å². The lowest BCUT2D eigenvalue weighted by Gasteiger charge is -2.52. The summed E-state index contributed by atoms with van der Waals surface area (Å²) in [5.74, 6) is 4.48. The minimum Gasteiger partial charge on any atom is -0.462 e. The molecule has 4 saturated carbocycles. The minimum atomic E-state index is -0.0771. The summed E-state index contributed by atoms with van der Waals surface area (Å²) in [6.45, 7) is 6.79. The molecular formula is C30H52O3. The number of esters is 1. The Balaban J connectivity index is 1.46. The highest BCUT2D eigenvalue weighted by Gasteiger charge is 2.48. The molecule has 0 radical (unpaired) electrons. The van der Waals surface area contributed by atoms with Gasteiger partial charge in [0, 0.05) is 14.0 Å². The van der Waals surface area contributed by atoms with Crippen molar-refractivity contribution in [3.63, 3.8) is 0 Å². The Hall–Kier alpha value is -0.570. The zero-order valence-corrected chi connectivity index (χ0v) is 22.2. The van der Waals surface area contributed by atoms with Crippen molar-refractivity contribution in [1.82, 2.24) is 0 Å². The number of ether oxygens (including phenoxy) is 2. The van der Waals surface area contributed by atoms with Crippen LogP contribution in [0.15, 0.2) is 0 Å². The number of hydrogen-bond donors (Lipinski definition) is 0. The molecule has 0 bridgehead atoms. The van der Waals surface area contributed by atoms with Gasteiger partial charge in [0.05, 0.1) is 6.10 Å². The Labute approximate surface area is 204 Å². The Morgan fingerprint density at radius 3 is 1.58 bits per heavy atom. The van der Waals surface area contributed by atoms with Crippen LogP contribution < -0.4 is 0 Å². The summed E-state index contributed by atoms with van der Waals surface area (Å²) in [5.41, 5.74) is 0.361. The summed E-state index contributed by atoms with van der Waals surface area (Å²) >= 11 is 0. The van der Waals surface area contributed by atoms with Gasteiger partial charge in [-0.3, -0.25) is 4.79 Å². The van der Waals surface area contributed by atoms with E-state index in [0.717, 1.165) is 36.0 Å². The van der Waals surface area contributed by atoms with E-state index in [1.54, 1.807) is 6.92 Å². The number of carbonyl (C=O) groups is 1. The molecule has 3 heteroatoms. The molecule has 33 heavy (non-hydrogen) atoms. The predicted molar refractivity (Wildman–Crippen MR) is 135 cm³/mol. The van der Waals surface area contributed by atoms with Gasteiger partial charge in [0.25, 0.3) is 0 Å². The van der Waals surface area contributed by atoms with Crippen molar-refractivity contribution in [3.8, 4) is 0 Å². The van der Waals surface area contributed by atoms with Gasteiger partial charge in [-0.2, -0.15) is 0 Å². The summed E-state index contributed by atoms with van der Waals surface area (Å²) in [6, 6.07) is 0. The molecule has 0 spiro atoms. The van der Waals surface area contributed by atoms with E-state index in [4.69, 9.17) is 9.47 Å². The number of hydrogen-bond acceptors (Lipinski definition) is 3. The highest BCUT2D eigenvalue weighted by Crippen LogP contribution is 2.54. The number of carbonyl (C=O) groups excluding carboxylic acids is 1. The Kier molecular flexibility index (Phi) is 8.85. The fraction of sp³-hybridized carbons (Fsp3) is 0.967. The van der Waals surface area contributed by atoms with Gasteiger partial charge < -0.3 is 9.47 Å². The highest BCUT2D eigenvalue weighted by atomic mass is 16.5. The lowest BCUT2D eigenvalue weighted by atomic mass is 9.55. The van der Waals surface area contributed by atoms with Crippen molar-refractivity contribution in [2.24, 2.45) is 40.9 Å². The van der Waals surface area contributed by atoms with Gasteiger partial charge >= 0.3 is 5.97 Å². The maximum absolute atomic E-state index is 11.9. The number of rotatable bonds is 6. The van der Waals surface area contributed by atoms with Gasteiger partial charge in [-0.25, -0.2) is 0 Å². The molecule has 0 aliphatic heterocycles. The monoisotopic (exact) mass is 460 g/mol. The lowest BCUT2D eigenvalue weighted by Crippen LogP contribution is -2.46. The SMILES string of the molecule is COC1CCC(C(C)(C)C2CCC(OC(C)=O)C(C3CCCCC3)C2)CC1C1CCCCC1. The average Bonchev–Trinajstić information content (AvgIpc) is 2.84. The second-order valence-corrected chi connectivity index (χ2v) is 12.9. The van der Waals surface area contributed by atoms with Crippen LogP contribution in [-0.4, -0.2) is 25.3 Å². The van der Waals surface area contributed by atoms with Crippen molar-refractivity contribution in [2.45, 2.75) is 136 Å². The van der Waals surface area contributed by atoms with Gasteiger partial charge in [-0.15, -0.1) is 0 Å². The largest absolute Gasteiger partial charge is 0.462 e. The highest BCUT2D eigenvalue weighted by molar-refractivity contribution is 5.66. The van der Waals surface area contributed by atoms with Crippen molar-refractivity contribution < 1.29 is 14.3 Å². The first-order valence-corrected chi connectivity index (χ1v) is 14.6. The van der Waals surface area contributed by atoms with Crippen molar-refractivity contribution in [2.75, 3.05) is 7.11 Å². The first-order chi connectivity index (χ1) is 15.9. The molecule has 6 atom stereocenters. The summed E-state index contributed by atoms with van der Waals surface area (Å²) in [7, 11) is 1.96. The van der Waals surface area contributed by atoms with Crippen LogP contribution in [0.25, 0.3) is 0 Å². The standard InChI is InChI=1S/C30H52O3/c1-21(31)33-29-18-16-25(20-27(29)23-13-9-6-10-14-23)30(2,3)24-15-17-28(32-4)26(19-24)22-11-7-5-8-12-22/h22-29H,5-20H2,1-4H3. The smallest absolute Gasteiger partial charge is 0.302 e. The molecule has 6 unspecified atom stereocenters. The third-order valence-electron chi connectivity index (χ3n) is 10.9. The molecule has 4 aliphatic carbocycles. The first kappa shape index (κ1) is 25.5. The zero-order valence-electron chi connectivity index (χ0n) is 22.2. The fourth-order valence-corrected chi connectivity index (χ4v) is 8.81. The van der Waals surface area contributed by atoms with Crippen LogP contribution in [0.4, 0.5) is 0 Å². The maximum atomic E-state index is 11.9. The predicted octanol–water partition coefficient (Wildman–Crippen LogP) is 7.95. The van der Waals surface area contributed by atoms with Gasteiger partial charge in [0.1, 0.15) is 6.10 Å². The van der Waals surface area contributed by atoms with E-state index in [1.165, 1.54) is 96.3 Å². The first-order valence-electron chi connectivity index (χ1n) is 14.6. The van der Waals surface area contributed by atoms with Gasteiger partial charge in [-0.05, 0) is 79.4 Å². The molecule has 0 aromatic heterocycles. The van der Waals surface area contributed by atoms with Crippen LogP contribution in [0.2, 0.25) is 0 Å². The third kappa shape index (κ3) is 5.99. The Morgan fingerprint density at radius 2 is 1.12 bits per heavy atom. The molecule has 0 aromatic rings. The second-order valence-electron chi connectivity index (χ2n) is 12.9. The maximum Gasteiger partial charge on any atom is 0.302 e. The summed E-state index contributed by atoms with van der Waals surface area (Å²) in [4.78, 5) is 11.9. The summed E-state index contributed by atoms with van der Waals surface area (Å²) < 4.78 is 12.0. The third-order valence-corrected chi connectivity index (χ3v) is 10.9. The quantitative estimate of drug-likeness (QED) is 0.377. The van der Waals surface area contributed by atoms with Crippen LogP contribution in [0.3, 0.4) is 0 Å². The Bertz CT molecular complexity index is 616. The van der Waals surface area contributed by atoms with E-state index in [-0.39, 0.29) is 12.1 Å². The zero-order chi connectivity index (χ0) is 23.4. The fourth-order valence-electron chi connectivity index (χ4n) is 8.81. The topological polar surface area (TPSA) is 35.5 Å². The lowest BCUT2D eigenvalue weighted by molar-refractivity contribution is -0.155. The van der Waals surface area contributed by atoms with E-state index in [9.17, 15) is 4.79 Å². The second kappa shape index (κ2) is 11.4. The van der Waals surface area contributed by atoms with Crippen LogP contribution in [0.1, 0.15) is 124 Å². The molecule has 0 saturated heterocycles. The molecular weight excluding hydrogens is 408 g/mol. The van der Waals surface area contributed by atoms with E-state index < -0.39 is 0 Å². The van der Waals surface area contributed by atoms with Gasteiger partial charge in [0.2, 0.25) is 0 Å². The molecule has 3 nitrogen and oxygen atoms in total. The van der Waals surface area contributed by atoms with Crippen LogP contribution in [-0.2, 0) is 14.3 Å². The van der Waals surface area contributed by atoms with Gasteiger partial charge in [-0.1, -0.05) is 78.1 Å². The summed E-state index contributed by atoms with van der Waals surface area (Å²) in [5, 5.41) is 0. The molecule has 0 N–H and O–H groups in total. The Morgan fingerprint density at radius 1 is 0.667 bits per heavy atom. The van der Waals surface area contributed by atoms with Crippen molar-refractivity contribution >= 4 is 5.97 Å². The molecule has 190 valence electrons. The summed E-state index contributed by atoms with van der Waals surface area (Å²) in [6.07, 6.45) is 22.1. The van der Waals surface area contributed by atoms with Crippen LogP contribution >= 0.6 is 0 Å². The number of methoxy groups -OCH3 is 1. The normalized spacial score (nSPS) is 37.6. The van der Waals surface area contributed by atoms with E-state index >= 15 is 0 Å². The molecule has 0 aromatic carbocycles. The minimum absolute atomic E-state index is 0.0771. The van der Waals surface area contributed by atoms with E-state index in [1.807, 2.05) is 7.11 Å². The van der Waals surface area contributed by atoms with E-state index in [0.29, 0.717) is 17.4 Å². The molecule has 0 heterocycles. The van der Waals surface area contributed by atoms with Crippen LogP contribution in [0.5, 0.6) is 0 Å². The average molecular weight is 461 g/mol. The molecule has 4 fully saturated rings. The van der Waals surface area contributed by atoms with Crippen LogP contribution in [0, 0.1) is 40.9 Å². The molecule has 4 rings (SSSR count). The van der Waals surface area contributed by atoms with Crippen molar-refractivity contribution in [3.05, 3.63) is 0 Å². The molecule has 4 aliphatic rings.